The van der Waals surface area contributed by atoms with Gasteiger partial charge in [-0.15, -0.1) is 0 Å². The molecule has 1 aromatic carbocycles. The van der Waals surface area contributed by atoms with Crippen LogP contribution in [0.4, 0.5) is 0 Å². The fraction of sp³-hybridized carbons (Fsp3) is 0.529. The second kappa shape index (κ2) is 9.67. The SMILES string of the molecule is COc1cc(C(C)=O)ccc1OCC(=O)NCCS(=O)(=O)N1CCOCC1. The van der Waals surface area contributed by atoms with Crippen LogP contribution in [0.2, 0.25) is 0 Å². The van der Waals surface area contributed by atoms with Crippen molar-refractivity contribution >= 4 is 21.7 Å². The molecule has 2 rings (SSSR count). The number of carbonyl (C=O) groups excluding carboxylic acids is 2. The van der Waals surface area contributed by atoms with E-state index in [0.717, 1.165) is 0 Å². The monoisotopic (exact) mass is 400 g/mol. The van der Waals surface area contributed by atoms with Crippen molar-refractivity contribution in [3.63, 3.8) is 0 Å². The molecular weight excluding hydrogens is 376 g/mol. The zero-order chi connectivity index (χ0) is 19.9. The minimum atomic E-state index is -3.42. The lowest BCUT2D eigenvalue weighted by molar-refractivity contribution is -0.122. The number of carbonyl (C=O) groups is 2. The van der Waals surface area contributed by atoms with Crippen molar-refractivity contribution < 1.29 is 32.2 Å². The van der Waals surface area contributed by atoms with Crippen molar-refractivity contribution in [1.82, 2.24) is 9.62 Å². The van der Waals surface area contributed by atoms with Gasteiger partial charge in [-0.3, -0.25) is 9.59 Å². The number of rotatable bonds is 9. The van der Waals surface area contributed by atoms with Crippen LogP contribution in [-0.2, 0) is 19.6 Å². The maximum Gasteiger partial charge on any atom is 0.257 e. The molecule has 0 atom stereocenters. The number of benzene rings is 1. The summed E-state index contributed by atoms with van der Waals surface area (Å²) < 4.78 is 41.4. The summed E-state index contributed by atoms with van der Waals surface area (Å²) in [4.78, 5) is 23.3. The fourth-order valence-corrected chi connectivity index (χ4v) is 3.80. The van der Waals surface area contributed by atoms with Crippen molar-refractivity contribution in [2.75, 3.05) is 52.3 Å². The lowest BCUT2D eigenvalue weighted by Gasteiger charge is -2.26. The molecule has 1 aromatic rings. The third-order valence-corrected chi connectivity index (χ3v) is 5.85. The van der Waals surface area contributed by atoms with Crippen LogP contribution in [0.15, 0.2) is 18.2 Å². The Morgan fingerprint density at radius 1 is 1.22 bits per heavy atom. The minimum absolute atomic E-state index is 0.0116. The number of nitrogens with zero attached hydrogens (tertiary/aromatic N) is 1. The van der Waals surface area contributed by atoms with E-state index in [1.165, 1.54) is 24.4 Å². The molecule has 0 aromatic heterocycles. The Hall–Kier alpha value is -2.17. The highest BCUT2D eigenvalue weighted by molar-refractivity contribution is 7.89. The van der Waals surface area contributed by atoms with Crippen molar-refractivity contribution in [2.45, 2.75) is 6.92 Å². The maximum atomic E-state index is 12.2. The molecule has 1 heterocycles. The molecule has 1 amide bonds. The first-order valence-corrected chi connectivity index (χ1v) is 10.1. The van der Waals surface area contributed by atoms with E-state index < -0.39 is 15.9 Å². The van der Waals surface area contributed by atoms with E-state index in [0.29, 0.717) is 43.4 Å². The molecule has 0 saturated carbocycles. The molecule has 1 aliphatic rings. The molecule has 0 unspecified atom stereocenters. The summed E-state index contributed by atoms with van der Waals surface area (Å²) in [5.41, 5.74) is 0.469. The second-order valence-corrected chi connectivity index (χ2v) is 7.98. The molecule has 9 nitrogen and oxygen atoms in total. The highest BCUT2D eigenvalue weighted by Crippen LogP contribution is 2.28. The van der Waals surface area contributed by atoms with Crippen LogP contribution < -0.4 is 14.8 Å². The van der Waals surface area contributed by atoms with Gasteiger partial charge in [-0.05, 0) is 25.1 Å². The summed E-state index contributed by atoms with van der Waals surface area (Å²) in [6.45, 7) is 2.54. The number of hydrogen-bond donors (Lipinski definition) is 1. The summed E-state index contributed by atoms with van der Waals surface area (Å²) in [6.07, 6.45) is 0. The molecule has 10 heteroatoms. The molecule has 1 saturated heterocycles. The molecule has 0 radical (unpaired) electrons. The molecule has 0 aliphatic carbocycles. The van der Waals surface area contributed by atoms with Gasteiger partial charge in [-0.1, -0.05) is 0 Å². The predicted octanol–water partition coefficient (Wildman–Crippen LogP) is 0.0548. The lowest BCUT2D eigenvalue weighted by Crippen LogP contribution is -2.44. The number of ketones is 1. The lowest BCUT2D eigenvalue weighted by atomic mass is 10.1. The van der Waals surface area contributed by atoms with E-state index in [9.17, 15) is 18.0 Å². The quantitative estimate of drug-likeness (QED) is 0.583. The fourth-order valence-electron chi connectivity index (χ4n) is 2.47. The van der Waals surface area contributed by atoms with E-state index in [1.54, 1.807) is 12.1 Å². The molecule has 0 spiro atoms. The zero-order valence-electron chi connectivity index (χ0n) is 15.4. The van der Waals surface area contributed by atoms with Gasteiger partial charge < -0.3 is 19.5 Å². The van der Waals surface area contributed by atoms with Crippen LogP contribution in [-0.4, -0.2) is 76.7 Å². The van der Waals surface area contributed by atoms with Crippen LogP contribution >= 0.6 is 0 Å². The number of hydrogen-bond acceptors (Lipinski definition) is 7. The number of ether oxygens (including phenoxy) is 3. The highest BCUT2D eigenvalue weighted by Gasteiger charge is 2.24. The summed E-state index contributed by atoms with van der Waals surface area (Å²) >= 11 is 0. The summed E-state index contributed by atoms with van der Waals surface area (Å²) in [5.74, 6) is -0.0945. The van der Waals surface area contributed by atoms with Crippen LogP contribution in [0.5, 0.6) is 11.5 Å². The summed E-state index contributed by atoms with van der Waals surface area (Å²) in [7, 11) is -1.99. The average Bonchev–Trinajstić information content (AvgIpc) is 2.66. The number of Topliss-reactive ketones (excluding diaryl/α,β-unsaturated/α-hetero) is 1. The Morgan fingerprint density at radius 3 is 2.56 bits per heavy atom. The van der Waals surface area contributed by atoms with Crippen LogP contribution in [0.1, 0.15) is 17.3 Å². The predicted molar refractivity (Wildman–Crippen MR) is 97.7 cm³/mol. The van der Waals surface area contributed by atoms with E-state index in [-0.39, 0.29) is 24.7 Å². The number of methoxy groups -OCH3 is 1. The molecule has 27 heavy (non-hydrogen) atoms. The molecule has 150 valence electrons. The van der Waals surface area contributed by atoms with Crippen molar-refractivity contribution in [3.05, 3.63) is 23.8 Å². The third kappa shape index (κ3) is 6.19. The standard InChI is InChI=1S/C17H24N2O7S/c1-13(20)14-3-4-15(16(11-14)24-2)26-12-17(21)18-5-10-27(22,23)19-6-8-25-9-7-19/h3-4,11H,5-10,12H2,1-2H3,(H,18,21). The third-order valence-electron chi connectivity index (χ3n) is 3.97. The van der Waals surface area contributed by atoms with E-state index in [4.69, 9.17) is 14.2 Å². The van der Waals surface area contributed by atoms with Gasteiger partial charge in [-0.25, -0.2) is 8.42 Å². The topological polar surface area (TPSA) is 111 Å². The Morgan fingerprint density at radius 2 is 1.93 bits per heavy atom. The smallest absolute Gasteiger partial charge is 0.257 e. The molecule has 1 aliphatic heterocycles. The first kappa shape index (κ1) is 21.1. The Balaban J connectivity index is 1.80. The van der Waals surface area contributed by atoms with E-state index in [1.807, 2.05) is 0 Å². The van der Waals surface area contributed by atoms with E-state index >= 15 is 0 Å². The number of amides is 1. The van der Waals surface area contributed by atoms with Crippen LogP contribution in [0, 0.1) is 0 Å². The largest absolute Gasteiger partial charge is 0.493 e. The minimum Gasteiger partial charge on any atom is -0.493 e. The molecule has 1 fully saturated rings. The summed E-state index contributed by atoms with van der Waals surface area (Å²) in [6, 6.07) is 4.66. The number of morpholine rings is 1. The van der Waals surface area contributed by atoms with Crippen molar-refractivity contribution in [1.29, 1.82) is 0 Å². The maximum absolute atomic E-state index is 12.2. The average molecular weight is 400 g/mol. The van der Waals surface area contributed by atoms with Crippen molar-refractivity contribution in [2.24, 2.45) is 0 Å². The van der Waals surface area contributed by atoms with E-state index in [2.05, 4.69) is 5.32 Å². The molecule has 1 N–H and O–H groups in total. The van der Waals surface area contributed by atoms with Gasteiger partial charge in [0.1, 0.15) is 0 Å². The van der Waals surface area contributed by atoms with Gasteiger partial charge in [0.25, 0.3) is 5.91 Å². The number of nitrogens with one attached hydrogen (secondary N) is 1. The van der Waals surface area contributed by atoms with Gasteiger partial charge in [-0.2, -0.15) is 4.31 Å². The zero-order valence-corrected chi connectivity index (χ0v) is 16.2. The van der Waals surface area contributed by atoms with Crippen LogP contribution in [0.25, 0.3) is 0 Å². The first-order valence-electron chi connectivity index (χ1n) is 8.47. The normalized spacial score (nSPS) is 15.2. The Kier molecular flexibility index (Phi) is 7.57. The van der Waals surface area contributed by atoms with Gasteiger partial charge in [0.15, 0.2) is 23.9 Å². The second-order valence-electron chi connectivity index (χ2n) is 5.89. The summed E-state index contributed by atoms with van der Waals surface area (Å²) in [5, 5.41) is 2.52. The van der Waals surface area contributed by atoms with Gasteiger partial charge in [0.05, 0.1) is 26.1 Å². The van der Waals surface area contributed by atoms with Gasteiger partial charge >= 0.3 is 0 Å². The highest BCUT2D eigenvalue weighted by atomic mass is 32.2. The van der Waals surface area contributed by atoms with Crippen LogP contribution in [0.3, 0.4) is 0 Å². The first-order chi connectivity index (χ1) is 12.8. The van der Waals surface area contributed by atoms with Gasteiger partial charge in [0.2, 0.25) is 10.0 Å². The van der Waals surface area contributed by atoms with Crippen molar-refractivity contribution in [3.8, 4) is 11.5 Å². The van der Waals surface area contributed by atoms with Gasteiger partial charge in [0, 0.05) is 25.2 Å². The number of sulfonamides is 1. The Labute approximate surface area is 158 Å². The Bertz CT molecular complexity index is 773. The molecule has 0 bridgehead atoms. The molecular formula is C17H24N2O7S.